The molecule has 0 saturated carbocycles. The predicted molar refractivity (Wildman–Crippen MR) is 87.0 cm³/mol. The first-order valence-corrected chi connectivity index (χ1v) is 8.30. The lowest BCUT2D eigenvalue weighted by atomic mass is 9.92. The van der Waals surface area contributed by atoms with Crippen molar-refractivity contribution in [2.75, 3.05) is 26.2 Å². The van der Waals surface area contributed by atoms with Crippen molar-refractivity contribution in [2.45, 2.75) is 51.1 Å². The first-order chi connectivity index (χ1) is 10.1. The summed E-state index contributed by atoms with van der Waals surface area (Å²) in [7, 11) is 0. The summed E-state index contributed by atoms with van der Waals surface area (Å²) in [4.78, 5) is 2.67. The number of ether oxygens (including phenoxy) is 1. The van der Waals surface area contributed by atoms with Gasteiger partial charge in [-0.05, 0) is 26.3 Å². The molecule has 1 fully saturated rings. The number of hydrogen-bond donors (Lipinski definition) is 1. The SMILES string of the molecule is CCCC1CN(CC2COc3ccccc32)C(C)(C)CN1. The van der Waals surface area contributed by atoms with Crippen LogP contribution in [-0.4, -0.2) is 42.7 Å². The molecule has 0 aliphatic carbocycles. The second kappa shape index (κ2) is 5.98. The molecule has 1 N–H and O–H groups in total. The maximum atomic E-state index is 5.85. The predicted octanol–water partition coefficient (Wildman–Crippen LogP) is 3.02. The lowest BCUT2D eigenvalue weighted by molar-refractivity contribution is 0.0554. The van der Waals surface area contributed by atoms with Gasteiger partial charge in [0.1, 0.15) is 5.75 Å². The van der Waals surface area contributed by atoms with E-state index in [1.54, 1.807) is 0 Å². The molecule has 3 rings (SSSR count). The summed E-state index contributed by atoms with van der Waals surface area (Å²) in [5, 5.41) is 3.71. The molecular weight excluding hydrogens is 260 g/mol. The molecule has 2 heterocycles. The molecule has 3 nitrogen and oxygen atoms in total. The molecule has 3 heteroatoms. The highest BCUT2D eigenvalue weighted by Crippen LogP contribution is 2.35. The smallest absolute Gasteiger partial charge is 0.122 e. The standard InChI is InChI=1S/C18H28N2O/c1-4-7-15-11-20(18(2,3)13-19-15)10-14-12-21-17-9-6-5-8-16(14)17/h5-6,8-9,14-15,19H,4,7,10-13H2,1-3H3. The molecule has 1 saturated heterocycles. The van der Waals surface area contributed by atoms with Crippen LogP contribution in [0, 0.1) is 0 Å². The molecule has 2 aliphatic rings. The van der Waals surface area contributed by atoms with Gasteiger partial charge in [0.15, 0.2) is 0 Å². The Bertz CT molecular complexity index is 486. The third-order valence-corrected chi connectivity index (χ3v) is 5.00. The molecule has 0 spiro atoms. The lowest BCUT2D eigenvalue weighted by Crippen LogP contribution is -2.62. The van der Waals surface area contributed by atoms with Crippen LogP contribution in [0.3, 0.4) is 0 Å². The Morgan fingerprint density at radius 3 is 2.95 bits per heavy atom. The van der Waals surface area contributed by atoms with Gasteiger partial charge in [-0.2, -0.15) is 0 Å². The number of hydrogen-bond acceptors (Lipinski definition) is 3. The minimum Gasteiger partial charge on any atom is -0.493 e. The van der Waals surface area contributed by atoms with Gasteiger partial charge in [0.05, 0.1) is 6.61 Å². The van der Waals surface area contributed by atoms with E-state index in [1.807, 2.05) is 0 Å². The lowest BCUT2D eigenvalue weighted by Gasteiger charge is -2.47. The molecule has 0 radical (unpaired) electrons. The number of para-hydroxylation sites is 1. The zero-order valence-corrected chi connectivity index (χ0v) is 13.6. The zero-order chi connectivity index (χ0) is 14.9. The zero-order valence-electron chi connectivity index (χ0n) is 13.6. The molecule has 2 aliphatic heterocycles. The highest BCUT2D eigenvalue weighted by molar-refractivity contribution is 5.39. The van der Waals surface area contributed by atoms with E-state index in [0.717, 1.165) is 32.0 Å². The number of rotatable bonds is 4. The maximum absolute atomic E-state index is 5.85. The van der Waals surface area contributed by atoms with Crippen molar-refractivity contribution in [2.24, 2.45) is 0 Å². The summed E-state index contributed by atoms with van der Waals surface area (Å²) in [6.07, 6.45) is 2.52. The van der Waals surface area contributed by atoms with E-state index in [9.17, 15) is 0 Å². The third kappa shape index (κ3) is 3.09. The Labute approximate surface area is 128 Å². The summed E-state index contributed by atoms with van der Waals surface area (Å²) in [5.74, 6) is 1.60. The highest BCUT2D eigenvalue weighted by atomic mass is 16.5. The fourth-order valence-electron chi connectivity index (χ4n) is 3.59. The molecule has 116 valence electrons. The van der Waals surface area contributed by atoms with Crippen LogP contribution in [0.15, 0.2) is 24.3 Å². The van der Waals surface area contributed by atoms with E-state index in [2.05, 4.69) is 55.3 Å². The van der Waals surface area contributed by atoms with Crippen molar-refractivity contribution in [3.8, 4) is 5.75 Å². The number of fused-ring (bicyclic) bond motifs is 1. The van der Waals surface area contributed by atoms with Gasteiger partial charge in [-0.1, -0.05) is 31.5 Å². The summed E-state index contributed by atoms with van der Waals surface area (Å²) in [6, 6.07) is 9.15. The number of nitrogens with zero attached hydrogens (tertiary/aromatic N) is 1. The van der Waals surface area contributed by atoms with Crippen LogP contribution >= 0.6 is 0 Å². The summed E-state index contributed by atoms with van der Waals surface area (Å²) < 4.78 is 5.85. The molecule has 2 unspecified atom stereocenters. The van der Waals surface area contributed by atoms with Crippen LogP contribution < -0.4 is 10.1 Å². The first kappa shape index (κ1) is 14.9. The number of benzene rings is 1. The first-order valence-electron chi connectivity index (χ1n) is 8.30. The molecule has 0 bridgehead atoms. The summed E-state index contributed by atoms with van der Waals surface area (Å²) in [6.45, 7) is 11.1. The third-order valence-electron chi connectivity index (χ3n) is 5.00. The fraction of sp³-hybridized carbons (Fsp3) is 0.667. The van der Waals surface area contributed by atoms with Crippen LogP contribution in [0.5, 0.6) is 5.75 Å². The Morgan fingerprint density at radius 1 is 1.33 bits per heavy atom. The van der Waals surface area contributed by atoms with Crippen LogP contribution in [0.4, 0.5) is 0 Å². The monoisotopic (exact) mass is 288 g/mol. The number of nitrogens with one attached hydrogen (secondary N) is 1. The van der Waals surface area contributed by atoms with Crippen molar-refractivity contribution in [1.29, 1.82) is 0 Å². The average molecular weight is 288 g/mol. The van der Waals surface area contributed by atoms with E-state index in [0.29, 0.717) is 12.0 Å². The molecule has 21 heavy (non-hydrogen) atoms. The highest BCUT2D eigenvalue weighted by Gasteiger charge is 2.36. The van der Waals surface area contributed by atoms with E-state index < -0.39 is 0 Å². The normalized spacial score (nSPS) is 28.1. The van der Waals surface area contributed by atoms with Crippen molar-refractivity contribution >= 4 is 0 Å². The van der Waals surface area contributed by atoms with Gasteiger partial charge in [-0.25, -0.2) is 0 Å². The van der Waals surface area contributed by atoms with Gasteiger partial charge in [-0.3, -0.25) is 4.90 Å². The maximum Gasteiger partial charge on any atom is 0.122 e. The minimum atomic E-state index is 0.224. The molecular formula is C18H28N2O. The average Bonchev–Trinajstić information content (AvgIpc) is 2.87. The Balaban J connectivity index is 1.71. The largest absolute Gasteiger partial charge is 0.493 e. The van der Waals surface area contributed by atoms with Crippen LogP contribution in [0.1, 0.15) is 45.1 Å². The van der Waals surface area contributed by atoms with Gasteiger partial charge >= 0.3 is 0 Å². The summed E-state index contributed by atoms with van der Waals surface area (Å²) in [5.41, 5.74) is 1.61. The fourth-order valence-corrected chi connectivity index (χ4v) is 3.59. The van der Waals surface area contributed by atoms with Gasteiger partial charge in [-0.15, -0.1) is 0 Å². The topological polar surface area (TPSA) is 24.5 Å². The second-order valence-corrected chi connectivity index (χ2v) is 7.13. The summed E-state index contributed by atoms with van der Waals surface area (Å²) >= 11 is 0. The quantitative estimate of drug-likeness (QED) is 0.922. The minimum absolute atomic E-state index is 0.224. The molecule has 2 atom stereocenters. The van der Waals surface area contributed by atoms with Gasteiger partial charge in [0.2, 0.25) is 0 Å². The Hall–Kier alpha value is -1.06. The Morgan fingerprint density at radius 2 is 2.14 bits per heavy atom. The van der Waals surface area contributed by atoms with E-state index in [-0.39, 0.29) is 5.54 Å². The second-order valence-electron chi connectivity index (χ2n) is 7.13. The van der Waals surface area contributed by atoms with Crippen LogP contribution in [0.2, 0.25) is 0 Å². The van der Waals surface area contributed by atoms with Crippen molar-refractivity contribution in [1.82, 2.24) is 10.2 Å². The molecule has 0 aromatic heterocycles. The van der Waals surface area contributed by atoms with Crippen LogP contribution in [-0.2, 0) is 0 Å². The molecule has 1 aromatic carbocycles. The number of piperazine rings is 1. The van der Waals surface area contributed by atoms with E-state index in [4.69, 9.17) is 4.74 Å². The van der Waals surface area contributed by atoms with Crippen molar-refractivity contribution in [3.63, 3.8) is 0 Å². The van der Waals surface area contributed by atoms with Gasteiger partial charge in [0.25, 0.3) is 0 Å². The van der Waals surface area contributed by atoms with Crippen LogP contribution in [0.25, 0.3) is 0 Å². The van der Waals surface area contributed by atoms with E-state index in [1.165, 1.54) is 18.4 Å². The van der Waals surface area contributed by atoms with Gasteiger partial charge in [0, 0.05) is 42.7 Å². The Kier molecular flexibility index (Phi) is 4.23. The van der Waals surface area contributed by atoms with Crippen molar-refractivity contribution < 1.29 is 4.74 Å². The van der Waals surface area contributed by atoms with E-state index >= 15 is 0 Å². The van der Waals surface area contributed by atoms with Gasteiger partial charge < -0.3 is 10.1 Å². The molecule has 0 amide bonds. The van der Waals surface area contributed by atoms with Crippen molar-refractivity contribution in [3.05, 3.63) is 29.8 Å². The molecule has 1 aromatic rings.